The average Bonchev–Trinajstić information content (AvgIpc) is 2.95. The van der Waals surface area contributed by atoms with E-state index in [-0.39, 0.29) is 5.56 Å². The van der Waals surface area contributed by atoms with Gasteiger partial charge in [0.25, 0.3) is 17.3 Å². The van der Waals surface area contributed by atoms with E-state index in [2.05, 4.69) is 4.99 Å². The monoisotopic (exact) mass is 412 g/mol. The van der Waals surface area contributed by atoms with E-state index in [1.165, 1.54) is 11.3 Å². The van der Waals surface area contributed by atoms with Crippen LogP contribution in [0.2, 0.25) is 0 Å². The van der Waals surface area contributed by atoms with Gasteiger partial charge in [0.05, 0.1) is 27.2 Å². The number of carbonyl (C=O) groups excluding carboxylic acids is 1. The van der Waals surface area contributed by atoms with Crippen molar-refractivity contribution < 1.29 is 14.6 Å². The molecule has 0 spiro atoms. The Morgan fingerprint density at radius 1 is 1.00 bits per heavy atom. The first-order valence-corrected chi connectivity index (χ1v) is 9.25. The highest BCUT2D eigenvalue weighted by Gasteiger charge is 2.20. The van der Waals surface area contributed by atoms with Crippen molar-refractivity contribution in [1.29, 1.82) is 0 Å². The fourth-order valence-electron chi connectivity index (χ4n) is 2.87. The zero-order chi connectivity index (χ0) is 21.3. The number of aromatic nitrogens is 1. The fourth-order valence-corrected chi connectivity index (χ4v) is 3.85. The van der Waals surface area contributed by atoms with Crippen molar-refractivity contribution in [2.75, 3.05) is 0 Å². The van der Waals surface area contributed by atoms with Gasteiger partial charge in [-0.2, -0.15) is 4.99 Å². The third kappa shape index (κ3) is 4.11. The molecule has 0 aliphatic rings. The van der Waals surface area contributed by atoms with Crippen LogP contribution < -0.4 is 4.80 Å². The summed E-state index contributed by atoms with van der Waals surface area (Å²) < 4.78 is 1.76. The molecule has 29 heavy (non-hydrogen) atoms. The van der Waals surface area contributed by atoms with Gasteiger partial charge in [-0.3, -0.25) is 25.0 Å². The highest BCUT2D eigenvalue weighted by molar-refractivity contribution is 7.09. The minimum Gasteiger partial charge on any atom is -0.319 e. The molecule has 2 aromatic carbocycles. The molecule has 1 amide bonds. The first-order chi connectivity index (χ1) is 13.7. The van der Waals surface area contributed by atoms with Gasteiger partial charge in [0.1, 0.15) is 0 Å². The van der Waals surface area contributed by atoms with Gasteiger partial charge < -0.3 is 4.57 Å². The lowest BCUT2D eigenvalue weighted by molar-refractivity contribution is -0.394. The first kappa shape index (κ1) is 20.1. The van der Waals surface area contributed by atoms with E-state index in [0.29, 0.717) is 4.80 Å². The molecule has 1 heterocycles. The molecule has 9 nitrogen and oxygen atoms in total. The number of non-ortho nitro benzene ring substituents is 2. The molecule has 0 N–H and O–H groups in total. The van der Waals surface area contributed by atoms with E-state index in [1.807, 2.05) is 38.1 Å². The maximum Gasteiger partial charge on any atom is 0.280 e. The maximum absolute atomic E-state index is 12.6. The number of amides is 1. The summed E-state index contributed by atoms with van der Waals surface area (Å²) in [6.45, 7) is 3.89. The minimum absolute atomic E-state index is 0.214. The molecule has 3 rings (SSSR count). The highest BCUT2D eigenvalue weighted by atomic mass is 32.1. The van der Waals surface area contributed by atoms with Gasteiger partial charge in [-0.1, -0.05) is 29.8 Å². The molecule has 10 heteroatoms. The van der Waals surface area contributed by atoms with Crippen molar-refractivity contribution in [2.24, 2.45) is 12.0 Å². The van der Waals surface area contributed by atoms with Crippen LogP contribution in [0.25, 0.3) is 11.3 Å². The number of thiazole rings is 1. The number of carbonyl (C=O) groups is 1. The number of hydrogen-bond acceptors (Lipinski definition) is 6. The van der Waals surface area contributed by atoms with Crippen LogP contribution in [0, 0.1) is 34.1 Å². The summed E-state index contributed by atoms with van der Waals surface area (Å²) in [6, 6.07) is 10.7. The summed E-state index contributed by atoms with van der Waals surface area (Å²) in [5.41, 5.74) is 1.69. The molecule has 0 aliphatic heterocycles. The summed E-state index contributed by atoms with van der Waals surface area (Å²) in [7, 11) is 1.76. The SMILES string of the molecule is Cc1ccc(-c2c(C)sc(=NC(=O)c3cc([N+](=O)[O-])cc([N+](=O)[O-])c3)n2C)cc1. The van der Waals surface area contributed by atoms with E-state index in [4.69, 9.17) is 0 Å². The summed E-state index contributed by atoms with van der Waals surface area (Å²) in [5.74, 6) is -0.788. The molecule has 0 atom stereocenters. The lowest BCUT2D eigenvalue weighted by atomic mass is 10.1. The number of nitro benzene ring substituents is 2. The van der Waals surface area contributed by atoms with Gasteiger partial charge in [-0.15, -0.1) is 11.3 Å². The zero-order valence-electron chi connectivity index (χ0n) is 15.8. The lowest BCUT2D eigenvalue weighted by Gasteiger charge is -2.05. The highest BCUT2D eigenvalue weighted by Crippen LogP contribution is 2.26. The normalized spacial score (nSPS) is 11.5. The van der Waals surface area contributed by atoms with Gasteiger partial charge in [0.15, 0.2) is 4.80 Å². The maximum atomic E-state index is 12.6. The Morgan fingerprint density at radius 3 is 2.07 bits per heavy atom. The Morgan fingerprint density at radius 2 is 1.55 bits per heavy atom. The molecule has 0 unspecified atom stereocenters. The Hall–Kier alpha value is -3.66. The van der Waals surface area contributed by atoms with Crippen LogP contribution in [0.5, 0.6) is 0 Å². The molecule has 3 aromatic rings. The van der Waals surface area contributed by atoms with Crippen LogP contribution in [-0.4, -0.2) is 20.3 Å². The molecule has 148 valence electrons. The van der Waals surface area contributed by atoms with E-state index in [1.54, 1.807) is 11.6 Å². The molecule has 0 radical (unpaired) electrons. The minimum atomic E-state index is -0.788. The van der Waals surface area contributed by atoms with Gasteiger partial charge in [0, 0.05) is 24.1 Å². The second kappa shape index (κ2) is 7.76. The molecular weight excluding hydrogens is 396 g/mol. The molecule has 0 fully saturated rings. The summed E-state index contributed by atoms with van der Waals surface area (Å²) in [6.07, 6.45) is 0. The van der Waals surface area contributed by atoms with E-state index >= 15 is 0 Å². The molecule has 0 bridgehead atoms. The second-order valence-electron chi connectivity index (χ2n) is 6.38. The second-order valence-corrected chi connectivity index (χ2v) is 7.57. The van der Waals surface area contributed by atoms with E-state index in [9.17, 15) is 25.0 Å². The number of aryl methyl sites for hydroxylation is 2. The molecule has 0 aliphatic carbocycles. The summed E-state index contributed by atoms with van der Waals surface area (Å²) >= 11 is 1.29. The predicted octanol–water partition coefficient (Wildman–Crippen LogP) is 3.93. The van der Waals surface area contributed by atoms with Crippen molar-refractivity contribution in [3.63, 3.8) is 0 Å². The Labute approximate surface area is 168 Å². The quantitative estimate of drug-likeness (QED) is 0.475. The smallest absolute Gasteiger partial charge is 0.280 e. The zero-order valence-corrected chi connectivity index (χ0v) is 16.6. The Kier molecular flexibility index (Phi) is 5.37. The van der Waals surface area contributed by atoms with Crippen LogP contribution in [0.15, 0.2) is 47.5 Å². The third-order valence-electron chi connectivity index (χ3n) is 4.29. The van der Waals surface area contributed by atoms with Crippen molar-refractivity contribution in [3.8, 4) is 11.3 Å². The van der Waals surface area contributed by atoms with E-state index in [0.717, 1.165) is 39.9 Å². The summed E-state index contributed by atoms with van der Waals surface area (Å²) in [4.78, 5) is 38.5. The van der Waals surface area contributed by atoms with Gasteiger partial charge in [-0.25, -0.2) is 0 Å². The van der Waals surface area contributed by atoms with Crippen molar-refractivity contribution >= 4 is 28.6 Å². The standard InChI is InChI=1S/C19H16N4O5S/c1-11-4-6-13(7-5-11)17-12(2)29-19(21(17)3)20-18(24)14-8-15(22(25)26)10-16(9-14)23(27)28/h4-10H,1-3H3. The van der Waals surface area contributed by atoms with Crippen molar-refractivity contribution in [3.05, 3.63) is 83.5 Å². The topological polar surface area (TPSA) is 121 Å². The van der Waals surface area contributed by atoms with Crippen molar-refractivity contribution in [2.45, 2.75) is 13.8 Å². The third-order valence-corrected chi connectivity index (χ3v) is 5.34. The number of rotatable bonds is 4. The van der Waals surface area contributed by atoms with Crippen molar-refractivity contribution in [1.82, 2.24) is 4.57 Å². The first-order valence-electron chi connectivity index (χ1n) is 8.43. The van der Waals surface area contributed by atoms with Crippen LogP contribution in [0.3, 0.4) is 0 Å². The number of hydrogen-bond donors (Lipinski definition) is 0. The van der Waals surface area contributed by atoms with E-state index < -0.39 is 27.1 Å². The number of nitro groups is 2. The van der Waals surface area contributed by atoms with Crippen LogP contribution >= 0.6 is 11.3 Å². The summed E-state index contributed by atoms with van der Waals surface area (Å²) in [5, 5.41) is 22.1. The molecule has 0 saturated heterocycles. The van der Waals surface area contributed by atoms with Crippen LogP contribution in [0.4, 0.5) is 11.4 Å². The fraction of sp³-hybridized carbons (Fsp3) is 0.158. The number of nitrogens with zero attached hydrogens (tertiary/aromatic N) is 4. The lowest BCUT2D eigenvalue weighted by Crippen LogP contribution is -2.14. The molecular formula is C19H16N4O5S. The van der Waals surface area contributed by atoms with Gasteiger partial charge >= 0.3 is 0 Å². The Bertz CT molecular complexity index is 1180. The largest absolute Gasteiger partial charge is 0.319 e. The Balaban J connectivity index is 2.09. The molecule has 0 saturated carbocycles. The van der Waals surface area contributed by atoms with Gasteiger partial charge in [0.2, 0.25) is 0 Å². The predicted molar refractivity (Wildman–Crippen MR) is 108 cm³/mol. The molecule has 1 aromatic heterocycles. The van der Waals surface area contributed by atoms with Crippen LogP contribution in [0.1, 0.15) is 20.8 Å². The van der Waals surface area contributed by atoms with Crippen LogP contribution in [-0.2, 0) is 7.05 Å². The average molecular weight is 412 g/mol. The van der Waals surface area contributed by atoms with Gasteiger partial charge in [-0.05, 0) is 19.4 Å². The number of benzene rings is 2.